The third kappa shape index (κ3) is 16.0. The Morgan fingerprint density at radius 2 is 0.932 bits per heavy atom. The van der Waals surface area contributed by atoms with Gasteiger partial charge in [0.05, 0.1) is 31.5 Å². The molecule has 0 bridgehead atoms. The van der Waals surface area contributed by atoms with Crippen molar-refractivity contribution >= 4 is 61.3 Å². The number of ether oxygens (including phenoxy) is 1. The van der Waals surface area contributed by atoms with Crippen molar-refractivity contribution in [2.45, 2.75) is 178 Å². The zero-order valence-electron chi connectivity index (χ0n) is 38.5. The lowest BCUT2D eigenvalue weighted by atomic mass is 9.91. The molecule has 0 aromatic heterocycles. The smallest absolute Gasteiger partial charge is 0.332 e. The van der Waals surface area contributed by atoms with E-state index in [1.165, 1.54) is 6.08 Å². The molecule has 0 aromatic carbocycles. The van der Waals surface area contributed by atoms with E-state index >= 15 is 0 Å². The van der Waals surface area contributed by atoms with Gasteiger partial charge in [-0.15, -0.1) is 0 Å². The second kappa shape index (κ2) is 22.9. The normalized spacial score (nSPS) is 23.1. The van der Waals surface area contributed by atoms with E-state index in [1.807, 2.05) is 26.8 Å². The Morgan fingerprint density at radius 1 is 0.644 bits per heavy atom. The van der Waals surface area contributed by atoms with E-state index in [2.05, 4.69) is 130 Å². The molecule has 3 saturated heterocycles. The van der Waals surface area contributed by atoms with Gasteiger partial charge in [0, 0.05) is 28.9 Å². The van der Waals surface area contributed by atoms with Crippen molar-refractivity contribution in [2.24, 2.45) is 17.8 Å². The van der Waals surface area contributed by atoms with E-state index in [9.17, 15) is 19.2 Å². The number of nitrogens with one attached hydrogen (secondary N) is 3. The number of carbonyl (C=O) groups excluding carboxylic acids is 4. The molecule has 0 saturated carbocycles. The molecule has 0 unspecified atom stereocenters. The van der Waals surface area contributed by atoms with Gasteiger partial charge in [-0.2, -0.15) is 12.6 Å². The highest BCUT2D eigenvalue weighted by Gasteiger charge is 2.47. The molecule has 3 aliphatic heterocycles. The number of β-lactam (4-membered cyclic amide) rings is 3. The maximum Gasteiger partial charge on any atom is 0.332 e. The van der Waals surface area contributed by atoms with Crippen LogP contribution < -0.4 is 16.0 Å². The van der Waals surface area contributed by atoms with Crippen LogP contribution in [0.5, 0.6) is 0 Å². The summed E-state index contributed by atoms with van der Waals surface area (Å²) in [6.45, 7) is 40.5. The van der Waals surface area contributed by atoms with Gasteiger partial charge < -0.3 is 39.1 Å². The topological polar surface area (TPSA) is 162 Å². The lowest BCUT2D eigenvalue weighted by Crippen LogP contribution is -2.55. The minimum Gasteiger partial charge on any atom is -0.463 e. The average molecular weight is 904 g/mol. The standard InChI is InChI=1S/C15H27NO4Si.C13H25NO3Si.C13H25NO2SSi.2CH4/c1-8-19-12(17)9-11-13(14(18)16-11)10(2)20-21(6,7)15(3,4)5;1-9(17-18(5,6)13(2,3)4)11-10(7-8-15)14-12(11)16;1-9(16-18(5,6)13(2,3)4)11-10(7-8-17)14-12(11)15;;/h9-10,13H,8H2,1-7H3,(H,16,18);7,9,11,15H,8H2,1-6H3,(H,14,16);7,9,11,17H,8H2,1-6H3,(H,14,15);2*1H4/b11-9+;2*10-7+;;/t10-,13-;2*9-,11-;;/m111../s1. The van der Waals surface area contributed by atoms with Crippen molar-refractivity contribution in [2.75, 3.05) is 19.0 Å². The van der Waals surface area contributed by atoms with Gasteiger partial charge in [0.25, 0.3) is 0 Å². The summed E-state index contributed by atoms with van der Waals surface area (Å²) < 4.78 is 23.6. The summed E-state index contributed by atoms with van der Waals surface area (Å²) in [6, 6.07) is 0. The number of carbonyl (C=O) groups is 4. The van der Waals surface area contributed by atoms with E-state index in [1.54, 1.807) is 13.0 Å². The SMILES string of the molecule is C.C.CCOC(=O)/C=C1/NC(=O)[C@@H]1[C@@H](C)O[Si](C)(C)C(C)(C)C.C[C@@H](O[Si](C)(C)C(C)(C)C)[C@H]1C(=O)N/C1=C/CO.C[C@@H](O[Si](C)(C)C(C)(C)C)[C@H]1C(=O)N/C1=C/CS. The van der Waals surface area contributed by atoms with Crippen LogP contribution in [0.4, 0.5) is 0 Å². The molecule has 3 aliphatic rings. The van der Waals surface area contributed by atoms with E-state index < -0.39 is 36.8 Å². The Balaban J connectivity index is 0. The van der Waals surface area contributed by atoms with Crippen LogP contribution in [0.1, 0.15) is 105 Å². The molecule has 12 nitrogen and oxygen atoms in total. The fourth-order valence-corrected chi connectivity index (χ4v) is 10.1. The number of thiol groups is 1. The molecule has 3 rings (SSSR count). The molecule has 0 spiro atoms. The first-order valence-electron chi connectivity index (χ1n) is 20.2. The van der Waals surface area contributed by atoms with Gasteiger partial charge in [-0.25, -0.2) is 4.79 Å². The summed E-state index contributed by atoms with van der Waals surface area (Å²) in [5, 5.41) is 17.4. The van der Waals surface area contributed by atoms with E-state index in [0.717, 1.165) is 11.4 Å². The van der Waals surface area contributed by atoms with E-state index in [-0.39, 0.29) is 84.4 Å². The average Bonchev–Trinajstić information content (AvgIpc) is 2.98. The molecule has 344 valence electrons. The van der Waals surface area contributed by atoms with Crippen LogP contribution in [-0.2, 0) is 37.2 Å². The van der Waals surface area contributed by atoms with Crippen molar-refractivity contribution < 1.29 is 42.3 Å². The van der Waals surface area contributed by atoms with Crippen LogP contribution in [0.15, 0.2) is 35.3 Å². The highest BCUT2D eigenvalue weighted by atomic mass is 32.1. The van der Waals surface area contributed by atoms with Gasteiger partial charge in [-0.3, -0.25) is 14.4 Å². The van der Waals surface area contributed by atoms with Crippen molar-refractivity contribution in [3.05, 3.63) is 35.3 Å². The number of esters is 1. The van der Waals surface area contributed by atoms with Crippen LogP contribution in [0, 0.1) is 17.8 Å². The second-order valence-corrected chi connectivity index (χ2v) is 34.3. The fraction of sp³-hybridized carbons (Fsp3) is 0.767. The Bertz CT molecular complexity index is 1460. The largest absolute Gasteiger partial charge is 0.463 e. The minimum absolute atomic E-state index is 0. The summed E-state index contributed by atoms with van der Waals surface area (Å²) in [7, 11) is -5.64. The number of rotatable bonds is 13. The van der Waals surface area contributed by atoms with Crippen LogP contribution in [0.25, 0.3) is 0 Å². The third-order valence-corrected chi connectivity index (χ3v) is 26.0. The molecule has 0 aromatic rings. The van der Waals surface area contributed by atoms with Crippen molar-refractivity contribution in [1.82, 2.24) is 16.0 Å². The summed E-state index contributed by atoms with van der Waals surface area (Å²) in [6.07, 6.45) is 4.47. The lowest BCUT2D eigenvalue weighted by Gasteiger charge is -2.42. The molecule has 4 N–H and O–H groups in total. The molecule has 3 amide bonds. The van der Waals surface area contributed by atoms with Crippen molar-refractivity contribution in [3.63, 3.8) is 0 Å². The number of aliphatic hydroxyl groups is 1. The number of aliphatic hydroxyl groups excluding tert-OH is 1. The van der Waals surface area contributed by atoms with Crippen LogP contribution >= 0.6 is 12.6 Å². The van der Waals surface area contributed by atoms with Crippen molar-refractivity contribution in [1.29, 1.82) is 0 Å². The summed E-state index contributed by atoms with van der Waals surface area (Å²) in [4.78, 5) is 46.5. The first kappa shape index (κ1) is 59.0. The van der Waals surface area contributed by atoms with Gasteiger partial charge in [0.1, 0.15) is 17.8 Å². The van der Waals surface area contributed by atoms with Crippen LogP contribution in [0.2, 0.25) is 54.4 Å². The molecule has 0 radical (unpaired) electrons. The quantitative estimate of drug-likeness (QED) is 0.0400. The van der Waals surface area contributed by atoms with Gasteiger partial charge >= 0.3 is 5.97 Å². The predicted octanol–water partition coefficient (Wildman–Crippen LogP) is 8.84. The van der Waals surface area contributed by atoms with Gasteiger partial charge in [0.2, 0.25) is 17.7 Å². The molecular weight excluding hydrogens is 819 g/mol. The van der Waals surface area contributed by atoms with E-state index in [4.69, 9.17) is 23.1 Å². The summed E-state index contributed by atoms with van der Waals surface area (Å²) >= 11 is 4.16. The van der Waals surface area contributed by atoms with Crippen molar-refractivity contribution in [3.8, 4) is 0 Å². The Labute approximate surface area is 367 Å². The summed E-state index contributed by atoms with van der Waals surface area (Å²) in [5.74, 6) is -0.621. The minimum atomic E-state index is -1.95. The molecule has 6 atom stereocenters. The molecule has 3 heterocycles. The van der Waals surface area contributed by atoms with Crippen LogP contribution in [0.3, 0.4) is 0 Å². The summed E-state index contributed by atoms with van der Waals surface area (Å²) in [5.41, 5.74) is 2.33. The second-order valence-electron chi connectivity index (χ2n) is 19.7. The molecule has 16 heteroatoms. The number of hydrogen-bond donors (Lipinski definition) is 5. The molecular formula is C43H85N3O9SSi3. The van der Waals surface area contributed by atoms with Gasteiger partial charge in [-0.1, -0.05) is 83.2 Å². The fourth-order valence-electron chi connectivity index (χ4n) is 5.60. The number of hydrogen-bond acceptors (Lipinski definition) is 10. The zero-order valence-corrected chi connectivity index (χ0v) is 42.4. The zero-order chi connectivity index (χ0) is 44.7. The third-order valence-electron chi connectivity index (χ3n) is 12.1. The van der Waals surface area contributed by atoms with Crippen LogP contribution in [-0.4, -0.2) is 91.0 Å². The first-order valence-corrected chi connectivity index (χ1v) is 29.5. The maximum atomic E-state index is 11.8. The number of amides is 3. The Morgan fingerprint density at radius 3 is 1.19 bits per heavy atom. The monoisotopic (exact) mass is 904 g/mol. The lowest BCUT2D eigenvalue weighted by molar-refractivity contribution is -0.138. The highest BCUT2D eigenvalue weighted by Crippen LogP contribution is 2.41. The van der Waals surface area contributed by atoms with Gasteiger partial charge in [0.15, 0.2) is 25.0 Å². The van der Waals surface area contributed by atoms with Gasteiger partial charge in [-0.05, 0) is 88.2 Å². The maximum absolute atomic E-state index is 11.8. The molecule has 0 aliphatic carbocycles. The molecule has 59 heavy (non-hydrogen) atoms. The van der Waals surface area contributed by atoms with E-state index in [0.29, 0.717) is 18.1 Å². The highest BCUT2D eigenvalue weighted by molar-refractivity contribution is 7.80. The predicted molar refractivity (Wildman–Crippen MR) is 253 cm³/mol. The Hall–Kier alpha value is -2.06. The first-order chi connectivity index (χ1) is 25.7. The molecule has 3 fully saturated rings. The Kier molecular flexibility index (Phi) is 22.9.